The second kappa shape index (κ2) is 3.93. The first-order valence-electron chi connectivity index (χ1n) is 4.89. The van der Waals surface area contributed by atoms with Gasteiger partial charge in [-0.25, -0.2) is 4.79 Å². The highest BCUT2D eigenvalue weighted by atomic mass is 16.6. The van der Waals surface area contributed by atoms with E-state index >= 15 is 0 Å². The van der Waals surface area contributed by atoms with Crippen LogP contribution in [0.1, 0.15) is 36.7 Å². The van der Waals surface area contributed by atoms with Crippen LogP contribution in [0.15, 0.2) is 18.2 Å². The average molecular weight is 207 g/mol. The van der Waals surface area contributed by atoms with Crippen molar-refractivity contribution in [2.45, 2.75) is 33.3 Å². The molecule has 0 radical (unpaired) electrons. The molecular weight excluding hydrogens is 190 g/mol. The number of carbonyl (C=O) groups is 1. The minimum absolute atomic E-state index is 0.372. The Bertz CT molecular complexity index is 378. The van der Waals surface area contributed by atoms with Crippen LogP contribution in [-0.4, -0.2) is 11.6 Å². The number of benzene rings is 1. The fourth-order valence-corrected chi connectivity index (χ4v) is 1.18. The molecule has 1 aromatic carbocycles. The molecule has 0 fully saturated rings. The Labute approximate surface area is 90.2 Å². The number of rotatable bonds is 1. The van der Waals surface area contributed by atoms with Crippen LogP contribution in [0.5, 0.6) is 0 Å². The Morgan fingerprint density at radius 1 is 1.33 bits per heavy atom. The Kier molecular flexibility index (Phi) is 3.03. The molecule has 82 valence electrons. The SMILES string of the molecule is Cc1ccc(N)c(C(=O)OC(C)(C)C)c1. The molecule has 1 rings (SSSR count). The van der Waals surface area contributed by atoms with E-state index in [1.54, 1.807) is 12.1 Å². The summed E-state index contributed by atoms with van der Waals surface area (Å²) in [7, 11) is 0. The predicted octanol–water partition coefficient (Wildman–Crippen LogP) is 2.53. The van der Waals surface area contributed by atoms with E-state index in [0.717, 1.165) is 5.56 Å². The molecule has 0 unspecified atom stereocenters. The third kappa shape index (κ3) is 3.27. The smallest absolute Gasteiger partial charge is 0.340 e. The molecule has 0 aliphatic carbocycles. The number of hydrogen-bond donors (Lipinski definition) is 1. The minimum Gasteiger partial charge on any atom is -0.456 e. The molecule has 0 spiro atoms. The van der Waals surface area contributed by atoms with Crippen molar-refractivity contribution in [1.82, 2.24) is 0 Å². The zero-order valence-electron chi connectivity index (χ0n) is 9.63. The van der Waals surface area contributed by atoms with E-state index in [-0.39, 0.29) is 5.97 Å². The van der Waals surface area contributed by atoms with Gasteiger partial charge >= 0.3 is 5.97 Å². The highest BCUT2D eigenvalue weighted by molar-refractivity contribution is 5.95. The predicted molar refractivity (Wildman–Crippen MR) is 60.8 cm³/mol. The van der Waals surface area contributed by atoms with Crippen molar-refractivity contribution in [1.29, 1.82) is 0 Å². The summed E-state index contributed by atoms with van der Waals surface area (Å²) >= 11 is 0. The molecule has 0 saturated heterocycles. The second-order valence-electron chi connectivity index (χ2n) is 4.59. The van der Waals surface area contributed by atoms with Gasteiger partial charge in [0.2, 0.25) is 0 Å². The zero-order valence-corrected chi connectivity index (χ0v) is 9.63. The molecule has 2 N–H and O–H groups in total. The van der Waals surface area contributed by atoms with Crippen molar-refractivity contribution >= 4 is 11.7 Å². The van der Waals surface area contributed by atoms with Gasteiger partial charge in [0.1, 0.15) is 5.60 Å². The Morgan fingerprint density at radius 2 is 1.93 bits per heavy atom. The molecule has 0 aliphatic rings. The summed E-state index contributed by atoms with van der Waals surface area (Å²) in [6.45, 7) is 7.40. The normalized spacial score (nSPS) is 11.2. The minimum atomic E-state index is -0.493. The van der Waals surface area contributed by atoms with E-state index in [0.29, 0.717) is 11.3 Å². The van der Waals surface area contributed by atoms with E-state index < -0.39 is 5.60 Å². The van der Waals surface area contributed by atoms with Crippen LogP contribution in [0.3, 0.4) is 0 Å². The van der Waals surface area contributed by atoms with Crippen molar-refractivity contribution in [2.24, 2.45) is 0 Å². The van der Waals surface area contributed by atoms with Crippen LogP contribution in [0.25, 0.3) is 0 Å². The molecular formula is C12H17NO2. The van der Waals surface area contributed by atoms with Gasteiger partial charge in [-0.2, -0.15) is 0 Å². The standard InChI is InChI=1S/C12H17NO2/c1-8-5-6-10(13)9(7-8)11(14)15-12(2,3)4/h5-7H,13H2,1-4H3. The highest BCUT2D eigenvalue weighted by Crippen LogP contribution is 2.18. The van der Waals surface area contributed by atoms with Crippen LogP contribution in [0, 0.1) is 6.92 Å². The third-order valence-electron chi connectivity index (χ3n) is 1.83. The number of ether oxygens (including phenoxy) is 1. The molecule has 0 heterocycles. The fraction of sp³-hybridized carbons (Fsp3) is 0.417. The molecule has 0 aliphatic heterocycles. The first-order valence-corrected chi connectivity index (χ1v) is 4.89. The largest absolute Gasteiger partial charge is 0.456 e. The number of esters is 1. The zero-order chi connectivity index (χ0) is 11.6. The average Bonchev–Trinajstić information content (AvgIpc) is 2.06. The second-order valence-corrected chi connectivity index (χ2v) is 4.59. The van der Waals surface area contributed by atoms with Crippen LogP contribution in [0.2, 0.25) is 0 Å². The summed E-state index contributed by atoms with van der Waals surface area (Å²) in [6.07, 6.45) is 0. The maximum absolute atomic E-state index is 11.7. The van der Waals surface area contributed by atoms with Gasteiger partial charge in [0.05, 0.1) is 5.56 Å². The Hall–Kier alpha value is -1.51. The van der Waals surface area contributed by atoms with E-state index in [2.05, 4.69) is 0 Å². The fourth-order valence-electron chi connectivity index (χ4n) is 1.18. The lowest BCUT2D eigenvalue weighted by molar-refractivity contribution is 0.00707. The molecule has 3 nitrogen and oxygen atoms in total. The first-order chi connectivity index (χ1) is 6.79. The number of aryl methyl sites for hydroxylation is 1. The van der Waals surface area contributed by atoms with Gasteiger partial charge in [-0.05, 0) is 39.8 Å². The maximum atomic E-state index is 11.7. The van der Waals surface area contributed by atoms with E-state index in [9.17, 15) is 4.79 Å². The van der Waals surface area contributed by atoms with Crippen molar-refractivity contribution < 1.29 is 9.53 Å². The number of hydrogen-bond acceptors (Lipinski definition) is 3. The van der Waals surface area contributed by atoms with Crippen molar-refractivity contribution in [3.8, 4) is 0 Å². The quantitative estimate of drug-likeness (QED) is 0.568. The molecule has 1 aromatic rings. The van der Waals surface area contributed by atoms with Gasteiger partial charge < -0.3 is 10.5 Å². The van der Waals surface area contributed by atoms with Gasteiger partial charge in [-0.3, -0.25) is 0 Å². The van der Waals surface area contributed by atoms with Gasteiger partial charge in [0.15, 0.2) is 0 Å². The van der Waals surface area contributed by atoms with Crippen molar-refractivity contribution in [3.63, 3.8) is 0 Å². The molecule has 0 bridgehead atoms. The lowest BCUT2D eigenvalue weighted by Crippen LogP contribution is -2.24. The van der Waals surface area contributed by atoms with E-state index in [4.69, 9.17) is 10.5 Å². The lowest BCUT2D eigenvalue weighted by atomic mass is 10.1. The molecule has 3 heteroatoms. The third-order valence-corrected chi connectivity index (χ3v) is 1.83. The molecule has 0 aromatic heterocycles. The summed E-state index contributed by atoms with van der Waals surface area (Å²) in [4.78, 5) is 11.7. The van der Waals surface area contributed by atoms with Crippen LogP contribution in [-0.2, 0) is 4.74 Å². The molecule has 0 atom stereocenters. The number of nitrogen functional groups attached to an aromatic ring is 1. The number of carbonyl (C=O) groups excluding carboxylic acids is 1. The van der Waals surface area contributed by atoms with Gasteiger partial charge in [0.25, 0.3) is 0 Å². The Balaban J connectivity index is 2.96. The summed E-state index contributed by atoms with van der Waals surface area (Å²) in [5.74, 6) is -0.372. The number of anilines is 1. The van der Waals surface area contributed by atoms with E-state index in [1.807, 2.05) is 33.8 Å². The van der Waals surface area contributed by atoms with Crippen molar-refractivity contribution in [2.75, 3.05) is 5.73 Å². The van der Waals surface area contributed by atoms with E-state index in [1.165, 1.54) is 0 Å². The summed E-state index contributed by atoms with van der Waals surface area (Å²) in [6, 6.07) is 5.32. The van der Waals surface area contributed by atoms with Crippen LogP contribution in [0.4, 0.5) is 5.69 Å². The molecule has 0 amide bonds. The van der Waals surface area contributed by atoms with Crippen molar-refractivity contribution in [3.05, 3.63) is 29.3 Å². The maximum Gasteiger partial charge on any atom is 0.340 e. The van der Waals surface area contributed by atoms with Crippen LogP contribution >= 0.6 is 0 Å². The van der Waals surface area contributed by atoms with Gasteiger partial charge in [-0.15, -0.1) is 0 Å². The van der Waals surface area contributed by atoms with Gasteiger partial charge in [-0.1, -0.05) is 11.6 Å². The summed E-state index contributed by atoms with van der Waals surface area (Å²) in [5.41, 5.74) is 7.10. The summed E-state index contributed by atoms with van der Waals surface area (Å²) in [5, 5.41) is 0. The highest BCUT2D eigenvalue weighted by Gasteiger charge is 2.19. The van der Waals surface area contributed by atoms with Gasteiger partial charge in [0, 0.05) is 5.69 Å². The topological polar surface area (TPSA) is 52.3 Å². The number of nitrogens with two attached hydrogens (primary N) is 1. The first kappa shape index (κ1) is 11.6. The Morgan fingerprint density at radius 3 is 2.47 bits per heavy atom. The molecule has 15 heavy (non-hydrogen) atoms. The lowest BCUT2D eigenvalue weighted by Gasteiger charge is -2.20. The monoisotopic (exact) mass is 207 g/mol. The summed E-state index contributed by atoms with van der Waals surface area (Å²) < 4.78 is 5.24. The van der Waals surface area contributed by atoms with Crippen LogP contribution < -0.4 is 5.73 Å². The molecule has 0 saturated carbocycles.